The molecule has 2 nitrogen and oxygen atoms in total. The van der Waals surface area contributed by atoms with Gasteiger partial charge in [0.2, 0.25) is 0 Å². The van der Waals surface area contributed by atoms with E-state index in [0.29, 0.717) is 0 Å². The van der Waals surface area contributed by atoms with Crippen LogP contribution in [0.25, 0.3) is 66.1 Å². The predicted molar refractivity (Wildman–Crippen MR) is 198 cm³/mol. The van der Waals surface area contributed by atoms with Crippen LogP contribution in [-0.4, -0.2) is 9.13 Å². The van der Waals surface area contributed by atoms with Crippen LogP contribution in [0.4, 0.5) is 0 Å². The second-order valence-corrected chi connectivity index (χ2v) is 15.4. The van der Waals surface area contributed by atoms with Gasteiger partial charge in [-0.05, 0) is 127 Å². The van der Waals surface area contributed by atoms with Gasteiger partial charge in [0.05, 0.1) is 22.1 Å². The highest BCUT2D eigenvalue weighted by Crippen LogP contribution is 2.69. The van der Waals surface area contributed by atoms with Gasteiger partial charge in [-0.3, -0.25) is 0 Å². The summed E-state index contributed by atoms with van der Waals surface area (Å²) in [6.45, 7) is 0. The second-order valence-electron chi connectivity index (χ2n) is 15.4. The molecule has 230 valence electrons. The van der Waals surface area contributed by atoms with Crippen molar-refractivity contribution in [2.24, 2.45) is 23.7 Å². The van der Waals surface area contributed by atoms with Crippen molar-refractivity contribution in [2.75, 3.05) is 0 Å². The summed E-state index contributed by atoms with van der Waals surface area (Å²) in [5.74, 6) is 3.38. The molecule has 2 aromatic heterocycles. The topological polar surface area (TPSA) is 9.86 Å². The maximum atomic E-state index is 2.67. The lowest BCUT2D eigenvalue weighted by atomic mass is 9.43. The minimum absolute atomic E-state index is 0.151. The van der Waals surface area contributed by atoms with Gasteiger partial charge < -0.3 is 9.13 Å². The van der Waals surface area contributed by atoms with E-state index in [1.54, 1.807) is 11.1 Å². The van der Waals surface area contributed by atoms with Gasteiger partial charge in [-0.1, -0.05) is 84.9 Å². The first-order chi connectivity index (χ1) is 23.8. The number of para-hydroxylation sites is 3. The van der Waals surface area contributed by atoms with Gasteiger partial charge in [-0.25, -0.2) is 0 Å². The van der Waals surface area contributed by atoms with E-state index in [0.717, 1.165) is 23.7 Å². The second kappa shape index (κ2) is 9.08. The van der Waals surface area contributed by atoms with Gasteiger partial charge >= 0.3 is 0 Å². The van der Waals surface area contributed by atoms with Gasteiger partial charge in [-0.15, -0.1) is 0 Å². The number of fused-ring (bicyclic) bond motifs is 9. The fraction of sp³-hybridized carbons (Fsp3) is 0.217. The molecule has 2 heteroatoms. The van der Waals surface area contributed by atoms with Crippen LogP contribution in [0.1, 0.15) is 43.2 Å². The van der Waals surface area contributed by atoms with Crippen molar-refractivity contribution in [2.45, 2.75) is 37.5 Å². The third-order valence-corrected chi connectivity index (χ3v) is 13.3. The van der Waals surface area contributed by atoms with E-state index in [1.807, 2.05) is 0 Å². The SMILES string of the molecule is c1ccc(-n2c3ccccc3c3ccc(-n4c5ccccc5c5cc6c(cc54)C4(c5ccccc5-6)C5CC6CC(C5)CC4C6)cc32)cc1. The molecule has 6 aromatic carbocycles. The summed E-state index contributed by atoms with van der Waals surface area (Å²) < 4.78 is 5.02. The highest BCUT2D eigenvalue weighted by molar-refractivity contribution is 6.13. The minimum Gasteiger partial charge on any atom is -0.309 e. The first-order valence-electron chi connectivity index (χ1n) is 18.0. The van der Waals surface area contributed by atoms with E-state index in [-0.39, 0.29) is 5.41 Å². The Morgan fingerprint density at radius 2 is 0.979 bits per heavy atom. The molecule has 5 aliphatic carbocycles. The third kappa shape index (κ3) is 3.10. The molecule has 0 aliphatic heterocycles. The number of benzene rings is 6. The highest BCUT2D eigenvalue weighted by atomic mass is 15.0. The Hall–Kier alpha value is -5.08. The molecule has 8 aromatic rings. The summed E-state index contributed by atoms with van der Waals surface area (Å²) in [6.07, 6.45) is 7.10. The Bertz CT molecular complexity index is 2610. The summed E-state index contributed by atoms with van der Waals surface area (Å²) in [5, 5.41) is 5.29. The summed E-state index contributed by atoms with van der Waals surface area (Å²) in [6, 6.07) is 50.7. The smallest absolute Gasteiger partial charge is 0.0561 e. The van der Waals surface area contributed by atoms with Crippen LogP contribution < -0.4 is 0 Å². The summed E-state index contributed by atoms with van der Waals surface area (Å²) in [7, 11) is 0. The van der Waals surface area contributed by atoms with Crippen molar-refractivity contribution >= 4 is 43.6 Å². The van der Waals surface area contributed by atoms with Crippen molar-refractivity contribution < 1.29 is 0 Å². The van der Waals surface area contributed by atoms with Crippen LogP contribution in [0.2, 0.25) is 0 Å². The van der Waals surface area contributed by atoms with Crippen molar-refractivity contribution in [3.05, 3.63) is 145 Å². The number of hydrogen-bond acceptors (Lipinski definition) is 0. The van der Waals surface area contributed by atoms with Gasteiger partial charge in [-0.2, -0.15) is 0 Å². The molecule has 5 aliphatic rings. The molecule has 4 bridgehead atoms. The minimum atomic E-state index is 0.151. The molecule has 0 atom stereocenters. The van der Waals surface area contributed by atoms with E-state index in [9.17, 15) is 0 Å². The van der Waals surface area contributed by atoms with E-state index >= 15 is 0 Å². The largest absolute Gasteiger partial charge is 0.309 e. The van der Waals surface area contributed by atoms with E-state index < -0.39 is 0 Å². The molecule has 0 amide bonds. The molecular weight excluding hydrogens is 581 g/mol. The molecule has 0 unspecified atom stereocenters. The number of rotatable bonds is 2. The summed E-state index contributed by atoms with van der Waals surface area (Å²) >= 11 is 0. The predicted octanol–water partition coefficient (Wildman–Crippen LogP) is 11.6. The molecule has 13 rings (SSSR count). The molecule has 4 saturated carbocycles. The molecule has 2 heterocycles. The van der Waals surface area contributed by atoms with Crippen molar-refractivity contribution in [1.29, 1.82) is 0 Å². The molecule has 0 radical (unpaired) electrons. The highest BCUT2D eigenvalue weighted by Gasteiger charge is 2.61. The number of aromatic nitrogens is 2. The Labute approximate surface area is 280 Å². The Kier molecular flexibility index (Phi) is 4.91. The number of nitrogens with zero attached hydrogens (tertiary/aromatic N) is 2. The zero-order valence-corrected chi connectivity index (χ0v) is 26.9. The zero-order chi connectivity index (χ0) is 31.1. The van der Waals surface area contributed by atoms with Crippen LogP contribution in [-0.2, 0) is 5.41 Å². The first-order valence-corrected chi connectivity index (χ1v) is 18.0. The van der Waals surface area contributed by atoms with Gasteiger partial charge in [0, 0.05) is 38.3 Å². The zero-order valence-electron chi connectivity index (χ0n) is 26.9. The molecule has 0 N–H and O–H groups in total. The van der Waals surface area contributed by atoms with Crippen LogP contribution in [0.5, 0.6) is 0 Å². The lowest BCUT2D eigenvalue weighted by molar-refractivity contribution is -0.0399. The van der Waals surface area contributed by atoms with Gasteiger partial charge in [0.15, 0.2) is 0 Å². The normalized spacial score (nSPS) is 25.2. The molecule has 48 heavy (non-hydrogen) atoms. The van der Waals surface area contributed by atoms with E-state index in [2.05, 4.69) is 143 Å². The molecule has 4 fully saturated rings. The first kappa shape index (κ1) is 25.9. The van der Waals surface area contributed by atoms with Crippen LogP contribution in [0.15, 0.2) is 133 Å². The quantitative estimate of drug-likeness (QED) is 0.183. The van der Waals surface area contributed by atoms with Crippen molar-refractivity contribution in [3.63, 3.8) is 0 Å². The molecule has 1 spiro atoms. The third-order valence-electron chi connectivity index (χ3n) is 13.3. The Morgan fingerprint density at radius 3 is 1.73 bits per heavy atom. The Morgan fingerprint density at radius 1 is 0.396 bits per heavy atom. The average Bonchev–Trinajstić information content (AvgIpc) is 3.73. The summed E-state index contributed by atoms with van der Waals surface area (Å²) in [5.41, 5.74) is 13.9. The van der Waals surface area contributed by atoms with Crippen molar-refractivity contribution in [1.82, 2.24) is 9.13 Å². The standard InChI is InChI=1S/C46H36N2/c1-2-10-32(11-3-1)47-42-16-8-5-13-35(42)37-19-18-33(25-44(37)47)48-43-17-9-6-14-36(43)39-26-38-34-12-4-7-15-40(34)46(41(38)27-45(39)48)30-21-28-20-29(23-30)24-31(46)22-28/h1-19,25-31H,20-24H2. The lowest BCUT2D eigenvalue weighted by Gasteiger charge is -2.61. The van der Waals surface area contributed by atoms with E-state index in [1.165, 1.54) is 98.2 Å². The van der Waals surface area contributed by atoms with Crippen LogP contribution in [0, 0.1) is 23.7 Å². The maximum absolute atomic E-state index is 2.67. The summed E-state index contributed by atoms with van der Waals surface area (Å²) in [4.78, 5) is 0. The fourth-order valence-electron chi connectivity index (χ4n) is 11.8. The molecular formula is C46H36N2. The van der Waals surface area contributed by atoms with Gasteiger partial charge in [0.25, 0.3) is 0 Å². The van der Waals surface area contributed by atoms with Crippen molar-refractivity contribution in [3.8, 4) is 22.5 Å². The van der Waals surface area contributed by atoms with E-state index in [4.69, 9.17) is 0 Å². The fourth-order valence-corrected chi connectivity index (χ4v) is 11.8. The average molecular weight is 617 g/mol. The molecule has 0 saturated heterocycles. The number of hydrogen-bond donors (Lipinski definition) is 0. The van der Waals surface area contributed by atoms with Gasteiger partial charge in [0.1, 0.15) is 0 Å². The Balaban J connectivity index is 1.17. The monoisotopic (exact) mass is 616 g/mol. The lowest BCUT2D eigenvalue weighted by Crippen LogP contribution is -2.55. The van der Waals surface area contributed by atoms with Crippen LogP contribution in [0.3, 0.4) is 0 Å². The maximum Gasteiger partial charge on any atom is 0.0561 e. The van der Waals surface area contributed by atoms with Crippen LogP contribution >= 0.6 is 0 Å².